The molecule has 18 heavy (non-hydrogen) atoms. The lowest BCUT2D eigenvalue weighted by molar-refractivity contribution is 0.790. The molecular formula is C13H23IN4. The lowest BCUT2D eigenvalue weighted by Gasteiger charge is -2.07. The number of pyridine rings is 1. The first kappa shape index (κ1) is 17.2. The van der Waals surface area contributed by atoms with E-state index < -0.39 is 0 Å². The van der Waals surface area contributed by atoms with Gasteiger partial charge in [0.1, 0.15) is 0 Å². The van der Waals surface area contributed by atoms with Crippen molar-refractivity contribution in [3.8, 4) is 0 Å². The van der Waals surface area contributed by atoms with E-state index >= 15 is 0 Å². The summed E-state index contributed by atoms with van der Waals surface area (Å²) in [6.45, 7) is 5.84. The number of halogens is 1. The predicted molar refractivity (Wildman–Crippen MR) is 87.5 cm³/mol. The number of unbranched alkanes of at least 4 members (excludes halogenated alkanes) is 1. The molecule has 0 radical (unpaired) electrons. The van der Waals surface area contributed by atoms with Gasteiger partial charge in [0.15, 0.2) is 5.96 Å². The molecule has 0 bridgehead atoms. The van der Waals surface area contributed by atoms with E-state index in [-0.39, 0.29) is 24.0 Å². The number of aryl methyl sites for hydroxylation is 1. The van der Waals surface area contributed by atoms with Crippen LogP contribution in [0.3, 0.4) is 0 Å². The molecule has 0 saturated heterocycles. The molecule has 0 atom stereocenters. The van der Waals surface area contributed by atoms with Crippen LogP contribution in [-0.2, 0) is 6.42 Å². The summed E-state index contributed by atoms with van der Waals surface area (Å²) in [6, 6.07) is 2.04. The molecular weight excluding hydrogens is 339 g/mol. The maximum Gasteiger partial charge on any atom is 0.188 e. The van der Waals surface area contributed by atoms with Gasteiger partial charge < -0.3 is 11.1 Å². The van der Waals surface area contributed by atoms with Crippen LogP contribution < -0.4 is 11.1 Å². The molecule has 4 nitrogen and oxygen atoms in total. The molecule has 0 aliphatic carbocycles. The fraction of sp³-hybridized carbons (Fsp3) is 0.538. The van der Waals surface area contributed by atoms with Crippen molar-refractivity contribution < 1.29 is 0 Å². The molecule has 102 valence electrons. The van der Waals surface area contributed by atoms with E-state index in [4.69, 9.17) is 5.73 Å². The number of nitrogens with one attached hydrogen (secondary N) is 1. The van der Waals surface area contributed by atoms with Gasteiger partial charge in [-0.3, -0.25) is 9.98 Å². The summed E-state index contributed by atoms with van der Waals surface area (Å²) in [7, 11) is 0. The van der Waals surface area contributed by atoms with Crippen LogP contribution >= 0.6 is 24.0 Å². The Morgan fingerprint density at radius 2 is 2.28 bits per heavy atom. The zero-order valence-electron chi connectivity index (χ0n) is 11.1. The molecule has 5 heteroatoms. The van der Waals surface area contributed by atoms with E-state index in [1.807, 2.05) is 18.5 Å². The Hall–Kier alpha value is -0.850. The Kier molecular flexibility index (Phi) is 9.63. The Morgan fingerprint density at radius 1 is 1.50 bits per heavy atom. The van der Waals surface area contributed by atoms with Crippen LogP contribution in [0.2, 0.25) is 0 Å². The number of guanidine groups is 1. The number of hydrogen-bond acceptors (Lipinski definition) is 2. The summed E-state index contributed by atoms with van der Waals surface area (Å²) in [5.74, 6) is 0.546. The molecule has 1 heterocycles. The second kappa shape index (κ2) is 10.1. The molecule has 1 aromatic rings. The minimum Gasteiger partial charge on any atom is -0.370 e. The van der Waals surface area contributed by atoms with Crippen molar-refractivity contribution in [1.29, 1.82) is 0 Å². The van der Waals surface area contributed by atoms with Crippen LogP contribution in [0.15, 0.2) is 23.5 Å². The summed E-state index contributed by atoms with van der Waals surface area (Å²) < 4.78 is 0. The number of aromatic nitrogens is 1. The first-order valence-electron chi connectivity index (χ1n) is 6.17. The van der Waals surface area contributed by atoms with Gasteiger partial charge in [-0.2, -0.15) is 0 Å². The molecule has 1 rings (SSSR count). The second-order valence-electron chi connectivity index (χ2n) is 4.10. The average molecular weight is 362 g/mol. The number of nitrogens with zero attached hydrogens (tertiary/aromatic N) is 2. The smallest absolute Gasteiger partial charge is 0.188 e. The van der Waals surface area contributed by atoms with Gasteiger partial charge in [-0.15, -0.1) is 24.0 Å². The van der Waals surface area contributed by atoms with E-state index in [1.165, 1.54) is 11.1 Å². The molecule has 0 fully saturated rings. The van der Waals surface area contributed by atoms with E-state index in [1.54, 1.807) is 0 Å². The Labute approximate surface area is 126 Å². The van der Waals surface area contributed by atoms with Crippen LogP contribution in [0.25, 0.3) is 0 Å². The molecule has 0 amide bonds. The van der Waals surface area contributed by atoms with Crippen LogP contribution in [0.5, 0.6) is 0 Å². The summed E-state index contributed by atoms with van der Waals surface area (Å²) in [5, 5.41) is 3.12. The number of aliphatic imine (C=N–C) groups is 1. The number of hydrogen-bond donors (Lipinski definition) is 2. The maximum absolute atomic E-state index is 5.74. The van der Waals surface area contributed by atoms with Crippen molar-refractivity contribution in [2.45, 2.75) is 33.1 Å². The third-order valence-electron chi connectivity index (χ3n) is 2.63. The first-order chi connectivity index (χ1) is 8.24. The third-order valence-corrected chi connectivity index (χ3v) is 2.63. The highest BCUT2D eigenvalue weighted by Gasteiger charge is 1.97. The van der Waals surface area contributed by atoms with Crippen molar-refractivity contribution in [3.63, 3.8) is 0 Å². The van der Waals surface area contributed by atoms with Crippen molar-refractivity contribution in [2.75, 3.05) is 13.1 Å². The molecule has 0 spiro atoms. The van der Waals surface area contributed by atoms with Crippen molar-refractivity contribution in [3.05, 3.63) is 29.6 Å². The topological polar surface area (TPSA) is 63.3 Å². The lowest BCUT2D eigenvalue weighted by Crippen LogP contribution is -2.33. The quantitative estimate of drug-likeness (QED) is 0.353. The van der Waals surface area contributed by atoms with Crippen LogP contribution in [0, 0.1) is 6.92 Å². The van der Waals surface area contributed by atoms with Crippen LogP contribution in [-0.4, -0.2) is 24.0 Å². The molecule has 0 aliphatic rings. The maximum atomic E-state index is 5.74. The molecule has 3 N–H and O–H groups in total. The van der Waals surface area contributed by atoms with Gasteiger partial charge in [-0.25, -0.2) is 0 Å². The van der Waals surface area contributed by atoms with Gasteiger partial charge >= 0.3 is 0 Å². The molecule has 0 aromatic carbocycles. The second-order valence-corrected chi connectivity index (χ2v) is 4.10. The fourth-order valence-corrected chi connectivity index (χ4v) is 1.52. The monoisotopic (exact) mass is 362 g/mol. The number of rotatable bonds is 6. The summed E-state index contributed by atoms with van der Waals surface area (Å²) in [5.41, 5.74) is 8.26. The standard InChI is InChI=1S/C13H22N4.HI/c1-3-4-7-16-13(14)17-9-6-12-5-8-15-10-11(12)2;/h5,8,10H,3-4,6-7,9H2,1-2H3,(H3,14,16,17);1H. The largest absolute Gasteiger partial charge is 0.370 e. The van der Waals surface area contributed by atoms with E-state index in [0.717, 1.165) is 32.4 Å². The first-order valence-corrected chi connectivity index (χ1v) is 6.17. The van der Waals surface area contributed by atoms with Gasteiger partial charge in [0.05, 0.1) is 0 Å². The summed E-state index contributed by atoms with van der Waals surface area (Å²) in [4.78, 5) is 8.31. The number of nitrogens with two attached hydrogens (primary N) is 1. The predicted octanol–water partition coefficient (Wildman–Crippen LogP) is 2.25. The van der Waals surface area contributed by atoms with Crippen LogP contribution in [0.1, 0.15) is 30.9 Å². The third kappa shape index (κ3) is 6.78. The van der Waals surface area contributed by atoms with E-state index in [0.29, 0.717) is 5.96 Å². The van der Waals surface area contributed by atoms with Crippen molar-refractivity contribution in [1.82, 2.24) is 10.3 Å². The summed E-state index contributed by atoms with van der Waals surface area (Å²) >= 11 is 0. The Morgan fingerprint density at radius 3 is 2.94 bits per heavy atom. The Balaban J connectivity index is 0.00000289. The molecule has 0 saturated carbocycles. The van der Waals surface area contributed by atoms with Crippen molar-refractivity contribution in [2.24, 2.45) is 10.7 Å². The Bertz CT molecular complexity index is 366. The SMILES string of the molecule is CCCCN=C(N)NCCc1ccncc1C.I. The molecule has 0 unspecified atom stereocenters. The molecule has 1 aromatic heterocycles. The average Bonchev–Trinajstić information content (AvgIpc) is 2.32. The fourth-order valence-electron chi connectivity index (χ4n) is 1.52. The van der Waals surface area contributed by atoms with Crippen LogP contribution in [0.4, 0.5) is 0 Å². The highest BCUT2D eigenvalue weighted by atomic mass is 127. The van der Waals surface area contributed by atoms with Gasteiger partial charge in [-0.1, -0.05) is 13.3 Å². The zero-order valence-corrected chi connectivity index (χ0v) is 13.5. The van der Waals surface area contributed by atoms with Gasteiger partial charge in [0.2, 0.25) is 0 Å². The highest BCUT2D eigenvalue weighted by Crippen LogP contribution is 2.04. The minimum atomic E-state index is 0. The van der Waals surface area contributed by atoms with Crippen molar-refractivity contribution >= 4 is 29.9 Å². The van der Waals surface area contributed by atoms with Gasteiger partial charge in [-0.05, 0) is 37.0 Å². The van der Waals surface area contributed by atoms with E-state index in [2.05, 4.69) is 29.1 Å². The minimum absolute atomic E-state index is 0. The highest BCUT2D eigenvalue weighted by molar-refractivity contribution is 14.0. The van der Waals surface area contributed by atoms with E-state index in [9.17, 15) is 0 Å². The lowest BCUT2D eigenvalue weighted by atomic mass is 10.1. The normalized spacial score (nSPS) is 10.9. The van der Waals surface area contributed by atoms with Gasteiger partial charge in [0, 0.05) is 25.5 Å². The van der Waals surface area contributed by atoms with Gasteiger partial charge in [0.25, 0.3) is 0 Å². The zero-order chi connectivity index (χ0) is 12.5. The molecule has 0 aliphatic heterocycles. The summed E-state index contributed by atoms with van der Waals surface area (Å²) in [6.07, 6.45) is 6.88.